The second-order valence-corrected chi connectivity index (χ2v) is 8.61. The van der Waals surface area contributed by atoms with Crippen LogP contribution in [0.3, 0.4) is 0 Å². The number of hydrogen-bond acceptors (Lipinski definition) is 5. The number of carbonyl (C=O) groups is 1. The molecule has 0 spiro atoms. The molecule has 2 atom stereocenters. The van der Waals surface area contributed by atoms with Crippen molar-refractivity contribution in [2.45, 2.75) is 37.4 Å². The summed E-state index contributed by atoms with van der Waals surface area (Å²) in [7, 11) is -0.253. The molecule has 1 heterocycles. The van der Waals surface area contributed by atoms with Crippen LogP contribution < -0.4 is 0 Å². The maximum atomic E-state index is 12.8. The SMILES string of the molecule is COCCCN(C)C(=O)c1ccc(S(=O)(=O)N2CC(C)OC(C)C2)cc1. The van der Waals surface area contributed by atoms with Gasteiger partial charge in [-0.1, -0.05) is 0 Å². The van der Waals surface area contributed by atoms with Crippen LogP contribution in [-0.2, 0) is 19.5 Å². The van der Waals surface area contributed by atoms with Crippen molar-refractivity contribution in [1.29, 1.82) is 0 Å². The van der Waals surface area contributed by atoms with Crippen molar-refractivity contribution in [3.05, 3.63) is 29.8 Å². The number of hydrogen-bond donors (Lipinski definition) is 0. The summed E-state index contributed by atoms with van der Waals surface area (Å²) >= 11 is 0. The average Bonchev–Trinajstić information content (AvgIpc) is 2.60. The van der Waals surface area contributed by atoms with Gasteiger partial charge in [-0.25, -0.2) is 8.42 Å². The predicted molar refractivity (Wildman–Crippen MR) is 98.7 cm³/mol. The molecule has 7 nitrogen and oxygen atoms in total. The van der Waals surface area contributed by atoms with E-state index in [9.17, 15) is 13.2 Å². The van der Waals surface area contributed by atoms with Gasteiger partial charge in [0.25, 0.3) is 5.91 Å². The lowest BCUT2D eigenvalue weighted by atomic mass is 10.2. The Morgan fingerprint density at radius 3 is 2.35 bits per heavy atom. The van der Waals surface area contributed by atoms with Gasteiger partial charge in [0.15, 0.2) is 0 Å². The first-order chi connectivity index (χ1) is 12.3. The lowest BCUT2D eigenvalue weighted by Crippen LogP contribution is -2.48. The maximum absolute atomic E-state index is 12.8. The number of morpholine rings is 1. The van der Waals surface area contributed by atoms with E-state index in [2.05, 4.69) is 0 Å². The first-order valence-electron chi connectivity index (χ1n) is 8.75. The number of carbonyl (C=O) groups excluding carboxylic acids is 1. The number of sulfonamides is 1. The van der Waals surface area contributed by atoms with Gasteiger partial charge in [-0.15, -0.1) is 0 Å². The van der Waals surface area contributed by atoms with Crippen LogP contribution >= 0.6 is 0 Å². The molecular formula is C18H28N2O5S. The van der Waals surface area contributed by atoms with E-state index in [0.29, 0.717) is 31.8 Å². The summed E-state index contributed by atoms with van der Waals surface area (Å²) in [6, 6.07) is 6.12. The number of methoxy groups -OCH3 is 1. The van der Waals surface area contributed by atoms with E-state index in [1.54, 1.807) is 31.2 Å². The van der Waals surface area contributed by atoms with Gasteiger partial charge in [0.1, 0.15) is 0 Å². The average molecular weight is 384 g/mol. The van der Waals surface area contributed by atoms with Gasteiger partial charge >= 0.3 is 0 Å². The van der Waals surface area contributed by atoms with E-state index < -0.39 is 10.0 Å². The highest BCUT2D eigenvalue weighted by atomic mass is 32.2. The molecule has 1 aromatic carbocycles. The van der Waals surface area contributed by atoms with Crippen molar-refractivity contribution in [2.24, 2.45) is 0 Å². The second-order valence-electron chi connectivity index (χ2n) is 6.68. The fraction of sp³-hybridized carbons (Fsp3) is 0.611. The normalized spacial score (nSPS) is 21.5. The minimum Gasteiger partial charge on any atom is -0.385 e. The summed E-state index contributed by atoms with van der Waals surface area (Å²) < 4.78 is 37.7. The zero-order chi connectivity index (χ0) is 19.3. The summed E-state index contributed by atoms with van der Waals surface area (Å²) in [5.41, 5.74) is 0.465. The molecule has 2 rings (SSSR count). The fourth-order valence-electron chi connectivity index (χ4n) is 3.01. The Kier molecular flexibility index (Phi) is 7.16. The number of ether oxygens (including phenoxy) is 2. The van der Waals surface area contributed by atoms with Crippen molar-refractivity contribution in [1.82, 2.24) is 9.21 Å². The van der Waals surface area contributed by atoms with E-state index in [-0.39, 0.29) is 23.0 Å². The van der Waals surface area contributed by atoms with E-state index >= 15 is 0 Å². The summed E-state index contributed by atoms with van der Waals surface area (Å²) in [6.07, 6.45) is 0.462. The molecule has 8 heteroatoms. The summed E-state index contributed by atoms with van der Waals surface area (Å²) in [6.45, 7) is 5.55. The largest absolute Gasteiger partial charge is 0.385 e. The minimum absolute atomic E-state index is 0.140. The monoisotopic (exact) mass is 384 g/mol. The molecule has 0 bridgehead atoms. The molecule has 0 radical (unpaired) electrons. The first-order valence-corrected chi connectivity index (χ1v) is 10.2. The molecule has 0 aliphatic carbocycles. The van der Waals surface area contributed by atoms with Crippen molar-refractivity contribution >= 4 is 15.9 Å². The molecule has 0 saturated carbocycles. The van der Waals surface area contributed by atoms with Crippen molar-refractivity contribution in [3.8, 4) is 0 Å². The van der Waals surface area contributed by atoms with Crippen LogP contribution in [-0.4, -0.2) is 76.1 Å². The van der Waals surface area contributed by atoms with Crippen LogP contribution in [0.5, 0.6) is 0 Å². The van der Waals surface area contributed by atoms with Gasteiger partial charge in [-0.3, -0.25) is 4.79 Å². The quantitative estimate of drug-likeness (QED) is 0.668. The van der Waals surface area contributed by atoms with Crippen LogP contribution in [0, 0.1) is 0 Å². The van der Waals surface area contributed by atoms with E-state index in [4.69, 9.17) is 9.47 Å². The molecule has 1 aliphatic rings. The Bertz CT molecular complexity index is 695. The van der Waals surface area contributed by atoms with Crippen LogP contribution in [0.15, 0.2) is 29.2 Å². The molecule has 1 amide bonds. The van der Waals surface area contributed by atoms with Crippen LogP contribution in [0.2, 0.25) is 0 Å². The van der Waals surface area contributed by atoms with Gasteiger partial charge in [-0.2, -0.15) is 4.31 Å². The highest BCUT2D eigenvalue weighted by Gasteiger charge is 2.32. The second kappa shape index (κ2) is 8.94. The third-order valence-corrected chi connectivity index (χ3v) is 6.16. The fourth-order valence-corrected chi connectivity index (χ4v) is 4.60. The zero-order valence-electron chi connectivity index (χ0n) is 15.8. The summed E-state index contributed by atoms with van der Waals surface area (Å²) in [5.74, 6) is -0.140. The van der Waals surface area contributed by atoms with Crippen molar-refractivity contribution in [3.63, 3.8) is 0 Å². The van der Waals surface area contributed by atoms with Gasteiger partial charge in [-0.05, 0) is 44.5 Å². The standard InChI is InChI=1S/C18H28N2O5S/c1-14-12-20(13-15(2)25-14)26(22,23)17-8-6-16(7-9-17)18(21)19(3)10-5-11-24-4/h6-9,14-15H,5,10-13H2,1-4H3. The molecule has 1 fully saturated rings. The van der Waals surface area contributed by atoms with Crippen LogP contribution in [0.4, 0.5) is 0 Å². The molecule has 26 heavy (non-hydrogen) atoms. The summed E-state index contributed by atoms with van der Waals surface area (Å²) in [5, 5.41) is 0. The third-order valence-electron chi connectivity index (χ3n) is 4.31. The number of benzene rings is 1. The summed E-state index contributed by atoms with van der Waals surface area (Å²) in [4.78, 5) is 14.2. The Labute approximate surface area is 155 Å². The highest BCUT2D eigenvalue weighted by molar-refractivity contribution is 7.89. The molecule has 1 aromatic rings. The molecule has 0 N–H and O–H groups in total. The Morgan fingerprint density at radius 1 is 1.23 bits per heavy atom. The van der Waals surface area contributed by atoms with Gasteiger partial charge < -0.3 is 14.4 Å². The number of nitrogens with zero attached hydrogens (tertiary/aromatic N) is 2. The zero-order valence-corrected chi connectivity index (χ0v) is 16.7. The van der Waals surface area contributed by atoms with E-state index in [1.165, 1.54) is 16.4 Å². The molecule has 146 valence electrons. The van der Waals surface area contributed by atoms with Gasteiger partial charge in [0.2, 0.25) is 10.0 Å². The molecule has 0 aromatic heterocycles. The number of amides is 1. The Balaban J connectivity index is 2.09. The first kappa shape index (κ1) is 20.8. The Morgan fingerprint density at radius 2 is 1.81 bits per heavy atom. The highest BCUT2D eigenvalue weighted by Crippen LogP contribution is 2.21. The molecular weight excluding hydrogens is 356 g/mol. The van der Waals surface area contributed by atoms with Crippen LogP contribution in [0.25, 0.3) is 0 Å². The number of rotatable bonds is 7. The minimum atomic E-state index is -3.60. The van der Waals surface area contributed by atoms with E-state index in [1.807, 2.05) is 13.8 Å². The van der Waals surface area contributed by atoms with Gasteiger partial charge in [0.05, 0.1) is 17.1 Å². The molecule has 1 aliphatic heterocycles. The smallest absolute Gasteiger partial charge is 0.253 e. The van der Waals surface area contributed by atoms with Crippen molar-refractivity contribution in [2.75, 3.05) is 40.4 Å². The molecule has 1 saturated heterocycles. The van der Waals surface area contributed by atoms with Gasteiger partial charge in [0, 0.05) is 46.0 Å². The van der Waals surface area contributed by atoms with Crippen molar-refractivity contribution < 1.29 is 22.7 Å². The maximum Gasteiger partial charge on any atom is 0.253 e. The topological polar surface area (TPSA) is 76.2 Å². The lowest BCUT2D eigenvalue weighted by Gasteiger charge is -2.34. The lowest BCUT2D eigenvalue weighted by molar-refractivity contribution is -0.0440. The molecule has 2 unspecified atom stereocenters. The Hall–Kier alpha value is -1.48. The predicted octanol–water partition coefficient (Wildman–Crippen LogP) is 1.59. The van der Waals surface area contributed by atoms with Crippen LogP contribution in [0.1, 0.15) is 30.6 Å². The van der Waals surface area contributed by atoms with E-state index in [0.717, 1.165) is 6.42 Å². The third kappa shape index (κ3) is 5.03.